The molecule has 2 heterocycles. The first-order valence-electron chi connectivity index (χ1n) is 7.81. The summed E-state index contributed by atoms with van der Waals surface area (Å²) in [5.74, 6) is -0.160. The van der Waals surface area contributed by atoms with Crippen molar-refractivity contribution >= 4 is 17.5 Å². The predicted octanol–water partition coefficient (Wildman–Crippen LogP) is 2.77. The Morgan fingerprint density at radius 1 is 1.09 bits per heavy atom. The molecule has 3 rings (SSSR count). The fraction of sp³-hybridized carbons (Fsp3) is 0.278. The molecule has 1 aliphatic rings. The van der Waals surface area contributed by atoms with E-state index in [4.69, 9.17) is 0 Å². The average molecular weight is 309 g/mol. The Bertz CT molecular complexity index is 673. The molecule has 1 aliphatic heterocycles. The maximum absolute atomic E-state index is 12.8. The lowest BCUT2D eigenvalue weighted by Crippen LogP contribution is -2.43. The van der Waals surface area contributed by atoms with Crippen LogP contribution in [0.15, 0.2) is 54.9 Å². The number of likely N-dealkylation sites (tertiary alicyclic amines) is 1. The fourth-order valence-electron chi connectivity index (χ4n) is 2.85. The highest BCUT2D eigenvalue weighted by Gasteiger charge is 2.32. The van der Waals surface area contributed by atoms with Gasteiger partial charge in [0.2, 0.25) is 5.91 Å². The Kier molecular flexibility index (Phi) is 4.66. The van der Waals surface area contributed by atoms with Crippen LogP contribution in [0.1, 0.15) is 30.9 Å². The number of nitrogens with zero attached hydrogens (tertiary/aromatic N) is 2. The van der Waals surface area contributed by atoms with Crippen LogP contribution in [-0.4, -0.2) is 28.2 Å². The molecule has 0 saturated carbocycles. The van der Waals surface area contributed by atoms with Crippen LogP contribution in [0.5, 0.6) is 0 Å². The largest absolute Gasteiger partial charge is 0.327 e. The third-order valence-electron chi connectivity index (χ3n) is 3.98. The van der Waals surface area contributed by atoms with Gasteiger partial charge < -0.3 is 10.2 Å². The van der Waals surface area contributed by atoms with Gasteiger partial charge in [0.05, 0.1) is 0 Å². The lowest BCUT2D eigenvalue weighted by atomic mass is 10.0. The van der Waals surface area contributed by atoms with E-state index in [-0.39, 0.29) is 11.8 Å². The van der Waals surface area contributed by atoms with Crippen molar-refractivity contribution in [2.24, 2.45) is 0 Å². The molecule has 1 saturated heterocycles. The molecular formula is C18H19N3O2. The molecule has 1 atom stereocenters. The summed E-state index contributed by atoms with van der Waals surface area (Å²) >= 11 is 0. The third-order valence-corrected chi connectivity index (χ3v) is 3.98. The zero-order valence-electron chi connectivity index (χ0n) is 12.8. The topological polar surface area (TPSA) is 62.3 Å². The Labute approximate surface area is 135 Å². The zero-order valence-corrected chi connectivity index (χ0v) is 12.8. The van der Waals surface area contributed by atoms with Crippen molar-refractivity contribution in [2.45, 2.75) is 25.3 Å². The van der Waals surface area contributed by atoms with E-state index in [0.717, 1.165) is 18.4 Å². The number of amides is 2. The average Bonchev–Trinajstić information content (AvgIpc) is 2.59. The molecule has 23 heavy (non-hydrogen) atoms. The first-order chi connectivity index (χ1) is 11.3. The number of piperidine rings is 1. The number of rotatable bonds is 4. The van der Waals surface area contributed by atoms with Gasteiger partial charge in [-0.15, -0.1) is 0 Å². The second-order valence-electron chi connectivity index (χ2n) is 5.58. The van der Waals surface area contributed by atoms with E-state index in [9.17, 15) is 9.59 Å². The van der Waals surface area contributed by atoms with Crippen molar-refractivity contribution in [1.29, 1.82) is 0 Å². The number of pyridine rings is 1. The number of aromatic nitrogens is 1. The van der Waals surface area contributed by atoms with Gasteiger partial charge >= 0.3 is 0 Å². The number of carbonyl (C=O) groups is 2. The number of hydrogen-bond acceptors (Lipinski definition) is 3. The molecule has 0 aliphatic carbocycles. The molecule has 1 fully saturated rings. The lowest BCUT2D eigenvalue weighted by molar-refractivity contribution is -0.141. The number of carbonyl (C=O) groups excluding carboxylic acids is 2. The van der Waals surface area contributed by atoms with E-state index in [2.05, 4.69) is 10.3 Å². The van der Waals surface area contributed by atoms with Crippen LogP contribution in [0.4, 0.5) is 5.69 Å². The third kappa shape index (κ3) is 3.56. The minimum atomic E-state index is -0.600. The van der Waals surface area contributed by atoms with Crippen LogP contribution >= 0.6 is 0 Å². The van der Waals surface area contributed by atoms with Gasteiger partial charge in [-0.2, -0.15) is 0 Å². The van der Waals surface area contributed by atoms with E-state index in [1.165, 1.54) is 0 Å². The van der Waals surface area contributed by atoms with Crippen LogP contribution in [0.2, 0.25) is 0 Å². The Hall–Kier alpha value is -2.69. The second kappa shape index (κ2) is 7.05. The highest BCUT2D eigenvalue weighted by Crippen LogP contribution is 2.26. The summed E-state index contributed by atoms with van der Waals surface area (Å²) < 4.78 is 0. The monoisotopic (exact) mass is 309 g/mol. The minimum absolute atomic E-state index is 0.0370. The van der Waals surface area contributed by atoms with Crippen molar-refractivity contribution < 1.29 is 9.59 Å². The highest BCUT2D eigenvalue weighted by atomic mass is 16.2. The standard InChI is InChI=1S/C18H19N3O2/c22-16-8-4-5-13-21(16)17(14-6-2-1-3-7-14)18(23)20-15-9-11-19-12-10-15/h1-3,6-7,9-12,17H,4-5,8,13H2,(H,19,20,23). The van der Waals surface area contributed by atoms with E-state index >= 15 is 0 Å². The van der Waals surface area contributed by atoms with E-state index < -0.39 is 6.04 Å². The summed E-state index contributed by atoms with van der Waals surface area (Å²) in [6.45, 7) is 0.613. The molecule has 0 spiro atoms. The van der Waals surface area contributed by atoms with Gasteiger partial charge in [-0.1, -0.05) is 30.3 Å². The van der Waals surface area contributed by atoms with E-state index in [1.54, 1.807) is 29.4 Å². The zero-order chi connectivity index (χ0) is 16.1. The molecule has 2 amide bonds. The van der Waals surface area contributed by atoms with Gasteiger partial charge in [0.15, 0.2) is 0 Å². The van der Waals surface area contributed by atoms with Gasteiger partial charge in [0, 0.05) is 31.0 Å². The van der Waals surface area contributed by atoms with Crippen LogP contribution in [-0.2, 0) is 9.59 Å². The lowest BCUT2D eigenvalue weighted by Gasteiger charge is -2.34. The van der Waals surface area contributed by atoms with Crippen LogP contribution in [0, 0.1) is 0 Å². The first-order valence-corrected chi connectivity index (χ1v) is 7.81. The number of nitrogens with one attached hydrogen (secondary N) is 1. The van der Waals surface area contributed by atoms with Crippen molar-refractivity contribution in [3.05, 3.63) is 60.4 Å². The molecule has 118 valence electrons. The summed E-state index contributed by atoms with van der Waals surface area (Å²) in [4.78, 5) is 30.8. The van der Waals surface area contributed by atoms with Gasteiger partial charge in [0.25, 0.3) is 5.91 Å². The summed E-state index contributed by atoms with van der Waals surface area (Å²) in [5.41, 5.74) is 1.50. The molecule has 5 nitrogen and oxygen atoms in total. The molecule has 5 heteroatoms. The smallest absolute Gasteiger partial charge is 0.251 e. The van der Waals surface area contributed by atoms with Crippen molar-refractivity contribution in [3.8, 4) is 0 Å². The molecule has 1 N–H and O–H groups in total. The van der Waals surface area contributed by atoms with Crippen molar-refractivity contribution in [3.63, 3.8) is 0 Å². The molecule has 2 aromatic rings. The van der Waals surface area contributed by atoms with Gasteiger partial charge in [-0.05, 0) is 30.5 Å². The Balaban J connectivity index is 1.88. The molecule has 0 bridgehead atoms. The number of hydrogen-bond donors (Lipinski definition) is 1. The summed E-state index contributed by atoms with van der Waals surface area (Å²) in [7, 11) is 0. The predicted molar refractivity (Wildman–Crippen MR) is 87.6 cm³/mol. The van der Waals surface area contributed by atoms with Crippen LogP contribution in [0.25, 0.3) is 0 Å². The van der Waals surface area contributed by atoms with Gasteiger partial charge in [-0.3, -0.25) is 14.6 Å². The molecule has 0 radical (unpaired) electrons. The molecule has 1 aromatic carbocycles. The number of anilines is 1. The van der Waals surface area contributed by atoms with Crippen LogP contribution < -0.4 is 5.32 Å². The molecular weight excluding hydrogens is 290 g/mol. The SMILES string of the molecule is O=C(Nc1ccncc1)C(c1ccccc1)N1CCCCC1=O. The Morgan fingerprint density at radius 3 is 2.52 bits per heavy atom. The first kappa shape index (κ1) is 15.2. The van der Waals surface area contributed by atoms with Gasteiger partial charge in [-0.25, -0.2) is 0 Å². The molecule has 1 aromatic heterocycles. The van der Waals surface area contributed by atoms with Gasteiger partial charge in [0.1, 0.15) is 6.04 Å². The maximum atomic E-state index is 12.8. The van der Waals surface area contributed by atoms with Crippen LogP contribution in [0.3, 0.4) is 0 Å². The fourth-order valence-corrected chi connectivity index (χ4v) is 2.85. The maximum Gasteiger partial charge on any atom is 0.251 e. The number of benzene rings is 1. The quantitative estimate of drug-likeness (QED) is 0.944. The van der Waals surface area contributed by atoms with E-state index in [1.807, 2.05) is 30.3 Å². The normalized spacial score (nSPS) is 16.0. The Morgan fingerprint density at radius 2 is 1.83 bits per heavy atom. The second-order valence-corrected chi connectivity index (χ2v) is 5.58. The minimum Gasteiger partial charge on any atom is -0.327 e. The van der Waals surface area contributed by atoms with E-state index in [0.29, 0.717) is 18.7 Å². The molecule has 1 unspecified atom stereocenters. The highest BCUT2D eigenvalue weighted by molar-refractivity contribution is 5.97. The van der Waals surface area contributed by atoms with Crippen molar-refractivity contribution in [2.75, 3.05) is 11.9 Å². The summed E-state index contributed by atoms with van der Waals surface area (Å²) in [6.07, 6.45) is 5.57. The summed E-state index contributed by atoms with van der Waals surface area (Å²) in [5, 5.41) is 2.89. The summed E-state index contributed by atoms with van der Waals surface area (Å²) in [6, 6.07) is 12.3. The van der Waals surface area contributed by atoms with Crippen molar-refractivity contribution in [1.82, 2.24) is 9.88 Å².